The molecule has 0 aliphatic carbocycles. The van der Waals surface area contributed by atoms with Crippen molar-refractivity contribution < 1.29 is 9.18 Å². The van der Waals surface area contributed by atoms with E-state index in [1.54, 1.807) is 19.1 Å². The molecule has 0 radical (unpaired) electrons. The number of pyridine rings is 1. The van der Waals surface area contributed by atoms with E-state index in [-0.39, 0.29) is 18.0 Å². The molecule has 1 heterocycles. The smallest absolute Gasteiger partial charge is 0.185 e. The number of para-hydroxylation sites is 1. The third-order valence-corrected chi connectivity index (χ3v) is 3.54. The Balaban J connectivity index is 1.89. The lowest BCUT2D eigenvalue weighted by molar-refractivity contribution is 0.0988. The standard InChI is InChI=1S/C18H14FNO/c1-12-10-15(19)8-6-14(12)11-18(21)17-9-7-13-4-2-3-5-16(13)20-17/h2-10H,11H2,1H3. The topological polar surface area (TPSA) is 30.0 Å². The predicted molar refractivity (Wildman–Crippen MR) is 80.9 cm³/mol. The number of halogens is 1. The number of Topliss-reactive ketones (excluding diaryl/α,β-unsaturated/α-hetero) is 1. The molecule has 0 fully saturated rings. The Morgan fingerprint density at radius 2 is 1.90 bits per heavy atom. The summed E-state index contributed by atoms with van der Waals surface area (Å²) in [5.41, 5.74) is 2.86. The van der Waals surface area contributed by atoms with Crippen molar-refractivity contribution in [1.29, 1.82) is 0 Å². The molecule has 0 spiro atoms. The maximum atomic E-state index is 13.1. The van der Waals surface area contributed by atoms with Crippen molar-refractivity contribution in [2.75, 3.05) is 0 Å². The molecule has 0 bridgehead atoms. The van der Waals surface area contributed by atoms with Crippen LogP contribution in [0.5, 0.6) is 0 Å². The van der Waals surface area contributed by atoms with Crippen LogP contribution in [0.1, 0.15) is 21.6 Å². The summed E-state index contributed by atoms with van der Waals surface area (Å²) < 4.78 is 13.1. The zero-order valence-electron chi connectivity index (χ0n) is 11.6. The zero-order chi connectivity index (χ0) is 14.8. The Labute approximate surface area is 122 Å². The van der Waals surface area contributed by atoms with Gasteiger partial charge in [0.05, 0.1) is 5.52 Å². The fraction of sp³-hybridized carbons (Fsp3) is 0.111. The average Bonchev–Trinajstić information content (AvgIpc) is 2.49. The molecular weight excluding hydrogens is 265 g/mol. The summed E-state index contributed by atoms with van der Waals surface area (Å²) in [5, 5.41) is 1.01. The molecule has 3 heteroatoms. The first-order valence-electron chi connectivity index (χ1n) is 6.77. The van der Waals surface area contributed by atoms with Crippen molar-refractivity contribution in [3.05, 3.63) is 77.2 Å². The first-order valence-corrected chi connectivity index (χ1v) is 6.77. The monoisotopic (exact) mass is 279 g/mol. The summed E-state index contributed by atoms with van der Waals surface area (Å²) in [6, 6.07) is 15.8. The van der Waals surface area contributed by atoms with Crippen LogP contribution in [0.2, 0.25) is 0 Å². The fourth-order valence-corrected chi connectivity index (χ4v) is 2.34. The van der Waals surface area contributed by atoms with Crippen LogP contribution >= 0.6 is 0 Å². The molecule has 104 valence electrons. The summed E-state index contributed by atoms with van der Waals surface area (Å²) in [4.78, 5) is 16.7. The third kappa shape index (κ3) is 2.82. The Hall–Kier alpha value is -2.55. The van der Waals surface area contributed by atoms with E-state index < -0.39 is 0 Å². The van der Waals surface area contributed by atoms with Gasteiger partial charge in [0.15, 0.2) is 5.78 Å². The van der Waals surface area contributed by atoms with E-state index in [0.29, 0.717) is 5.69 Å². The SMILES string of the molecule is Cc1cc(F)ccc1CC(=O)c1ccc2ccccc2n1. The molecule has 0 saturated carbocycles. The Morgan fingerprint density at radius 3 is 2.71 bits per heavy atom. The van der Waals surface area contributed by atoms with Crippen LogP contribution in [-0.2, 0) is 6.42 Å². The molecule has 0 unspecified atom stereocenters. The number of carbonyl (C=O) groups excluding carboxylic acids is 1. The summed E-state index contributed by atoms with van der Waals surface area (Å²) in [6.07, 6.45) is 0.234. The fourth-order valence-electron chi connectivity index (χ4n) is 2.34. The highest BCUT2D eigenvalue weighted by molar-refractivity contribution is 5.97. The number of carbonyl (C=O) groups is 1. The van der Waals surface area contributed by atoms with Gasteiger partial charge in [-0.15, -0.1) is 0 Å². The molecule has 0 amide bonds. The highest BCUT2D eigenvalue weighted by atomic mass is 19.1. The lowest BCUT2D eigenvalue weighted by Crippen LogP contribution is -2.07. The van der Waals surface area contributed by atoms with Gasteiger partial charge in [0.25, 0.3) is 0 Å². The summed E-state index contributed by atoms with van der Waals surface area (Å²) in [7, 11) is 0. The maximum Gasteiger partial charge on any atom is 0.185 e. The molecule has 2 nitrogen and oxygen atoms in total. The number of hydrogen-bond acceptors (Lipinski definition) is 2. The van der Waals surface area contributed by atoms with Gasteiger partial charge in [-0.3, -0.25) is 4.79 Å². The van der Waals surface area contributed by atoms with Crippen molar-refractivity contribution in [2.45, 2.75) is 13.3 Å². The lowest BCUT2D eigenvalue weighted by atomic mass is 10.0. The van der Waals surface area contributed by atoms with Crippen LogP contribution < -0.4 is 0 Å². The van der Waals surface area contributed by atoms with Crippen LogP contribution in [0.4, 0.5) is 4.39 Å². The minimum atomic E-state index is -0.285. The molecule has 0 saturated heterocycles. The zero-order valence-corrected chi connectivity index (χ0v) is 11.6. The third-order valence-electron chi connectivity index (χ3n) is 3.54. The summed E-state index contributed by atoms with van der Waals surface area (Å²) in [5.74, 6) is -0.344. The van der Waals surface area contributed by atoms with E-state index in [1.807, 2.05) is 30.3 Å². The molecule has 0 aliphatic heterocycles. The second kappa shape index (κ2) is 5.44. The molecule has 21 heavy (non-hydrogen) atoms. The van der Waals surface area contributed by atoms with Gasteiger partial charge in [-0.1, -0.05) is 30.3 Å². The second-order valence-corrected chi connectivity index (χ2v) is 5.06. The van der Waals surface area contributed by atoms with E-state index in [9.17, 15) is 9.18 Å². The highest BCUT2D eigenvalue weighted by Gasteiger charge is 2.11. The number of rotatable bonds is 3. The largest absolute Gasteiger partial charge is 0.292 e. The van der Waals surface area contributed by atoms with Crippen molar-refractivity contribution in [3.63, 3.8) is 0 Å². The number of aromatic nitrogens is 1. The van der Waals surface area contributed by atoms with Crippen molar-refractivity contribution in [1.82, 2.24) is 4.98 Å². The second-order valence-electron chi connectivity index (χ2n) is 5.06. The van der Waals surface area contributed by atoms with Crippen LogP contribution in [0.15, 0.2) is 54.6 Å². The van der Waals surface area contributed by atoms with Crippen molar-refractivity contribution >= 4 is 16.7 Å². The molecule has 3 aromatic rings. The molecule has 2 aromatic carbocycles. The molecule has 0 atom stereocenters. The van der Waals surface area contributed by atoms with Crippen LogP contribution in [0.3, 0.4) is 0 Å². The minimum Gasteiger partial charge on any atom is -0.292 e. The van der Waals surface area contributed by atoms with Crippen molar-refractivity contribution in [3.8, 4) is 0 Å². The van der Waals surface area contributed by atoms with Gasteiger partial charge >= 0.3 is 0 Å². The van der Waals surface area contributed by atoms with Crippen LogP contribution in [0, 0.1) is 12.7 Å². The van der Waals surface area contributed by atoms with Crippen molar-refractivity contribution in [2.24, 2.45) is 0 Å². The first kappa shape index (κ1) is 13.4. The molecule has 0 N–H and O–H groups in total. The van der Waals surface area contributed by atoms with E-state index in [4.69, 9.17) is 0 Å². The lowest BCUT2D eigenvalue weighted by Gasteiger charge is -2.06. The summed E-state index contributed by atoms with van der Waals surface area (Å²) >= 11 is 0. The molecular formula is C18H14FNO. The number of benzene rings is 2. The van der Waals surface area contributed by atoms with Gasteiger partial charge in [0, 0.05) is 11.8 Å². The van der Waals surface area contributed by atoms with E-state index >= 15 is 0 Å². The molecule has 3 rings (SSSR count). The number of ketones is 1. The number of nitrogens with zero attached hydrogens (tertiary/aromatic N) is 1. The Morgan fingerprint density at radius 1 is 1.10 bits per heavy atom. The first-order chi connectivity index (χ1) is 10.1. The van der Waals surface area contributed by atoms with Gasteiger partial charge in [0.2, 0.25) is 0 Å². The quantitative estimate of drug-likeness (QED) is 0.675. The average molecular weight is 279 g/mol. The van der Waals surface area contributed by atoms with Crippen LogP contribution in [0.25, 0.3) is 10.9 Å². The normalized spacial score (nSPS) is 10.8. The van der Waals surface area contributed by atoms with Gasteiger partial charge in [-0.05, 0) is 42.3 Å². The number of hydrogen-bond donors (Lipinski definition) is 0. The van der Waals surface area contributed by atoms with E-state index in [2.05, 4.69) is 4.98 Å². The highest BCUT2D eigenvalue weighted by Crippen LogP contribution is 2.16. The van der Waals surface area contributed by atoms with Gasteiger partial charge in [-0.25, -0.2) is 9.37 Å². The van der Waals surface area contributed by atoms with E-state index in [1.165, 1.54) is 12.1 Å². The Bertz CT molecular complexity index is 826. The molecule has 1 aromatic heterocycles. The predicted octanol–water partition coefficient (Wildman–Crippen LogP) is 4.11. The van der Waals surface area contributed by atoms with Gasteiger partial charge in [-0.2, -0.15) is 0 Å². The maximum absolute atomic E-state index is 13.1. The van der Waals surface area contributed by atoms with E-state index in [0.717, 1.165) is 22.0 Å². The Kier molecular flexibility index (Phi) is 3.48. The van der Waals surface area contributed by atoms with Gasteiger partial charge in [0.1, 0.15) is 11.5 Å². The number of fused-ring (bicyclic) bond motifs is 1. The van der Waals surface area contributed by atoms with Crippen LogP contribution in [-0.4, -0.2) is 10.8 Å². The molecule has 0 aliphatic rings. The minimum absolute atomic E-state index is 0.0598. The summed E-state index contributed by atoms with van der Waals surface area (Å²) in [6.45, 7) is 1.81. The van der Waals surface area contributed by atoms with Gasteiger partial charge < -0.3 is 0 Å². The number of aryl methyl sites for hydroxylation is 1.